The first-order chi connectivity index (χ1) is 16.3. The standard InChI is InChI=1S/C27H33ClN2O4/c1-5-29(6-2)15-8-16-30-24(19-11-9-18(4)10-12-19)23(26(32)27(30)33)25(31)20-13-14-22(34-7-3)21(28)17-20/h9-14,17,24,31H,5-8,15-16H2,1-4H3. The maximum Gasteiger partial charge on any atom is 0.295 e. The molecule has 2 aromatic rings. The molecule has 0 aliphatic carbocycles. The van der Waals surface area contributed by atoms with Crippen LogP contribution in [0, 0.1) is 6.92 Å². The van der Waals surface area contributed by atoms with Crippen molar-refractivity contribution in [3.8, 4) is 5.75 Å². The van der Waals surface area contributed by atoms with E-state index in [1.54, 1.807) is 17.0 Å². The SMILES string of the molecule is CCOc1ccc(C([O-])=C2C(=O)C(=O)N(CCC[NH+](CC)CC)C2c2ccc(C)cc2)cc1Cl. The fourth-order valence-electron chi connectivity index (χ4n) is 4.37. The molecule has 1 unspecified atom stereocenters. The second kappa shape index (κ2) is 11.5. The summed E-state index contributed by atoms with van der Waals surface area (Å²) in [5.41, 5.74) is 2.04. The van der Waals surface area contributed by atoms with Crippen molar-refractivity contribution in [2.75, 3.05) is 32.8 Å². The summed E-state index contributed by atoms with van der Waals surface area (Å²) in [6, 6.07) is 11.6. The number of nitrogens with one attached hydrogen (secondary N) is 1. The quantitative estimate of drug-likeness (QED) is 0.319. The number of likely N-dealkylation sites (tertiary alicyclic amines) is 1. The topological polar surface area (TPSA) is 74.1 Å². The van der Waals surface area contributed by atoms with Gasteiger partial charge in [-0.2, -0.15) is 0 Å². The summed E-state index contributed by atoms with van der Waals surface area (Å²) in [5, 5.41) is 13.8. The van der Waals surface area contributed by atoms with Gasteiger partial charge in [-0.05, 0) is 51.0 Å². The maximum absolute atomic E-state index is 13.6. The van der Waals surface area contributed by atoms with Gasteiger partial charge in [-0.3, -0.25) is 9.59 Å². The van der Waals surface area contributed by atoms with Gasteiger partial charge in [0.05, 0.1) is 37.3 Å². The normalized spacial score (nSPS) is 17.6. The van der Waals surface area contributed by atoms with Gasteiger partial charge in [0.2, 0.25) is 5.78 Å². The molecule has 1 saturated heterocycles. The minimum Gasteiger partial charge on any atom is -0.872 e. The number of carbonyl (C=O) groups excluding carboxylic acids is 2. The smallest absolute Gasteiger partial charge is 0.295 e. The predicted molar refractivity (Wildman–Crippen MR) is 132 cm³/mol. The van der Waals surface area contributed by atoms with Crippen molar-refractivity contribution in [2.24, 2.45) is 0 Å². The van der Waals surface area contributed by atoms with E-state index in [1.165, 1.54) is 11.0 Å². The lowest BCUT2D eigenvalue weighted by Gasteiger charge is -2.28. The third-order valence-corrected chi connectivity index (χ3v) is 6.64. The summed E-state index contributed by atoms with van der Waals surface area (Å²) in [5.74, 6) is -1.38. The number of carbonyl (C=O) groups is 2. The third-order valence-electron chi connectivity index (χ3n) is 6.35. The van der Waals surface area contributed by atoms with Crippen molar-refractivity contribution in [1.82, 2.24) is 4.90 Å². The Hall–Kier alpha value is -2.83. The highest BCUT2D eigenvalue weighted by Gasteiger charge is 2.44. The van der Waals surface area contributed by atoms with Gasteiger partial charge in [-0.25, -0.2) is 0 Å². The maximum atomic E-state index is 13.6. The summed E-state index contributed by atoms with van der Waals surface area (Å²) in [6.45, 7) is 11.8. The number of quaternary nitrogens is 1. The zero-order chi connectivity index (χ0) is 24.8. The van der Waals surface area contributed by atoms with Gasteiger partial charge < -0.3 is 19.6 Å². The number of ether oxygens (including phenoxy) is 1. The van der Waals surface area contributed by atoms with Crippen LogP contribution in [0.3, 0.4) is 0 Å². The van der Waals surface area contributed by atoms with Crippen molar-refractivity contribution in [1.29, 1.82) is 0 Å². The molecule has 1 aliphatic rings. The van der Waals surface area contributed by atoms with E-state index in [9.17, 15) is 14.7 Å². The van der Waals surface area contributed by atoms with Crippen molar-refractivity contribution in [3.63, 3.8) is 0 Å². The van der Waals surface area contributed by atoms with Crippen LogP contribution >= 0.6 is 11.6 Å². The molecule has 6 nitrogen and oxygen atoms in total. The van der Waals surface area contributed by atoms with Crippen LogP contribution < -0.4 is 14.7 Å². The Kier molecular flexibility index (Phi) is 8.75. The van der Waals surface area contributed by atoms with Crippen molar-refractivity contribution < 1.29 is 24.3 Å². The highest BCUT2D eigenvalue weighted by atomic mass is 35.5. The van der Waals surface area contributed by atoms with E-state index in [-0.39, 0.29) is 16.2 Å². The lowest BCUT2D eigenvalue weighted by Crippen LogP contribution is -3.11. The Labute approximate surface area is 206 Å². The van der Waals surface area contributed by atoms with Gasteiger partial charge >= 0.3 is 0 Å². The van der Waals surface area contributed by atoms with Crippen molar-refractivity contribution >= 4 is 29.1 Å². The van der Waals surface area contributed by atoms with Crippen LogP contribution in [-0.2, 0) is 9.59 Å². The molecule has 1 heterocycles. The van der Waals surface area contributed by atoms with E-state index in [0.29, 0.717) is 18.9 Å². The number of hydrogen-bond donors (Lipinski definition) is 1. The number of hydrogen-bond acceptors (Lipinski definition) is 4. The molecule has 0 aromatic heterocycles. The van der Waals surface area contributed by atoms with Gasteiger partial charge in [0.15, 0.2) is 0 Å². The Bertz CT molecular complexity index is 1060. The largest absolute Gasteiger partial charge is 0.872 e. The highest BCUT2D eigenvalue weighted by molar-refractivity contribution is 6.46. The third kappa shape index (κ3) is 5.45. The molecule has 34 heavy (non-hydrogen) atoms. The van der Waals surface area contributed by atoms with E-state index >= 15 is 0 Å². The molecule has 3 rings (SSSR count). The number of amides is 1. The molecule has 182 valence electrons. The second-order valence-corrected chi connectivity index (χ2v) is 8.93. The number of Topliss-reactive ketones (excluding diaryl/α,β-unsaturated/α-hetero) is 1. The molecule has 2 aromatic carbocycles. The second-order valence-electron chi connectivity index (χ2n) is 8.52. The zero-order valence-electron chi connectivity index (χ0n) is 20.3. The molecule has 0 spiro atoms. The number of rotatable bonds is 10. The fraction of sp³-hybridized carbons (Fsp3) is 0.407. The molecule has 1 aliphatic heterocycles. The first-order valence-electron chi connectivity index (χ1n) is 11.9. The Morgan fingerprint density at radius 3 is 2.35 bits per heavy atom. The van der Waals surface area contributed by atoms with Crippen LogP contribution in [0.2, 0.25) is 5.02 Å². The molecule has 0 bridgehead atoms. The average molecular weight is 485 g/mol. The number of halogens is 1. The molecule has 0 saturated carbocycles. The molecular weight excluding hydrogens is 452 g/mol. The summed E-state index contributed by atoms with van der Waals surface area (Å²) < 4.78 is 5.45. The lowest BCUT2D eigenvalue weighted by atomic mass is 9.94. The predicted octanol–water partition coefficient (Wildman–Crippen LogP) is 2.59. The highest BCUT2D eigenvalue weighted by Crippen LogP contribution is 2.39. The molecule has 1 atom stereocenters. The number of aryl methyl sites for hydroxylation is 1. The van der Waals surface area contributed by atoms with E-state index in [0.717, 1.165) is 37.2 Å². The minimum atomic E-state index is -0.740. The monoisotopic (exact) mass is 484 g/mol. The van der Waals surface area contributed by atoms with E-state index in [1.807, 2.05) is 38.1 Å². The van der Waals surface area contributed by atoms with Gasteiger partial charge in [-0.15, -0.1) is 0 Å². The van der Waals surface area contributed by atoms with Crippen LogP contribution in [0.1, 0.15) is 49.9 Å². The summed E-state index contributed by atoms with van der Waals surface area (Å²) >= 11 is 6.30. The van der Waals surface area contributed by atoms with E-state index in [2.05, 4.69) is 13.8 Å². The first-order valence-corrected chi connectivity index (χ1v) is 12.3. The van der Waals surface area contributed by atoms with E-state index in [4.69, 9.17) is 16.3 Å². The number of nitrogens with zero attached hydrogens (tertiary/aromatic N) is 1. The van der Waals surface area contributed by atoms with E-state index < -0.39 is 23.5 Å². The summed E-state index contributed by atoms with van der Waals surface area (Å²) in [7, 11) is 0. The van der Waals surface area contributed by atoms with Crippen LogP contribution in [0.25, 0.3) is 5.76 Å². The van der Waals surface area contributed by atoms with Crippen LogP contribution in [0.15, 0.2) is 48.0 Å². The van der Waals surface area contributed by atoms with Gasteiger partial charge in [0.1, 0.15) is 5.75 Å². The zero-order valence-corrected chi connectivity index (χ0v) is 21.1. The summed E-state index contributed by atoms with van der Waals surface area (Å²) in [4.78, 5) is 29.2. The van der Waals surface area contributed by atoms with Crippen LogP contribution in [-0.4, -0.2) is 49.4 Å². The Morgan fingerprint density at radius 2 is 1.76 bits per heavy atom. The molecule has 1 amide bonds. The number of benzene rings is 2. The van der Waals surface area contributed by atoms with Gasteiger partial charge in [0.25, 0.3) is 5.91 Å². The molecular formula is C27H33ClN2O4. The number of ketones is 1. The average Bonchev–Trinajstić information content (AvgIpc) is 3.08. The Balaban J connectivity index is 2.03. The fourth-order valence-corrected chi connectivity index (χ4v) is 4.60. The van der Waals surface area contributed by atoms with Gasteiger partial charge in [-0.1, -0.05) is 53.3 Å². The minimum absolute atomic E-state index is 0.0238. The van der Waals surface area contributed by atoms with Gasteiger partial charge in [0, 0.05) is 18.5 Å². The molecule has 0 radical (unpaired) electrons. The first kappa shape index (κ1) is 25.8. The Morgan fingerprint density at radius 1 is 1.09 bits per heavy atom. The molecule has 1 fully saturated rings. The van der Waals surface area contributed by atoms with Crippen molar-refractivity contribution in [3.05, 3.63) is 69.8 Å². The lowest BCUT2D eigenvalue weighted by molar-refractivity contribution is -0.896. The summed E-state index contributed by atoms with van der Waals surface area (Å²) in [6.07, 6.45) is 0.745. The van der Waals surface area contributed by atoms with Crippen LogP contribution in [0.5, 0.6) is 5.75 Å². The van der Waals surface area contributed by atoms with Crippen LogP contribution in [0.4, 0.5) is 0 Å². The molecule has 1 N–H and O–H groups in total. The van der Waals surface area contributed by atoms with Crippen molar-refractivity contribution in [2.45, 2.75) is 40.2 Å². The molecule has 7 heteroatoms.